The Kier molecular flexibility index (Phi) is 4.10. The molecule has 0 radical (unpaired) electrons. The maximum Gasteiger partial charge on any atom is 0.0970 e. The van der Waals surface area contributed by atoms with Crippen molar-refractivity contribution in [1.82, 2.24) is 9.55 Å². The number of benzene rings is 3. The van der Waals surface area contributed by atoms with Gasteiger partial charge in [-0.25, -0.2) is 4.98 Å². The van der Waals surface area contributed by atoms with E-state index in [0.717, 1.165) is 50.0 Å². The van der Waals surface area contributed by atoms with Crippen molar-refractivity contribution in [3.8, 4) is 16.9 Å². The Bertz CT molecular complexity index is 1370. The van der Waals surface area contributed by atoms with Gasteiger partial charge >= 0.3 is 0 Å². The number of nitrogens with zero attached hydrogens (tertiary/aromatic N) is 2. The fourth-order valence-corrected chi connectivity index (χ4v) is 3.85. The molecule has 29 heavy (non-hydrogen) atoms. The van der Waals surface area contributed by atoms with E-state index in [9.17, 15) is 0 Å². The minimum atomic E-state index is 0.964. The summed E-state index contributed by atoms with van der Waals surface area (Å²) in [6.45, 7) is 7.73. The molecule has 5 aromatic rings. The monoisotopic (exact) mass is 372 g/mol. The summed E-state index contributed by atoms with van der Waals surface area (Å²) in [6, 6.07) is 29.4. The van der Waals surface area contributed by atoms with E-state index in [4.69, 9.17) is 4.98 Å². The van der Waals surface area contributed by atoms with Gasteiger partial charge in [0.05, 0.1) is 22.2 Å². The van der Waals surface area contributed by atoms with E-state index >= 15 is 0 Å². The molecule has 2 heteroatoms. The highest BCUT2D eigenvalue weighted by molar-refractivity contribution is 6.07. The number of pyridine rings is 1. The van der Waals surface area contributed by atoms with Gasteiger partial charge in [-0.15, -0.1) is 0 Å². The second-order valence-corrected chi connectivity index (χ2v) is 7.04. The highest BCUT2D eigenvalue weighted by Gasteiger charge is 2.14. The van der Waals surface area contributed by atoms with Crippen molar-refractivity contribution < 1.29 is 0 Å². The molecule has 138 valence electrons. The molecule has 0 atom stereocenters. The summed E-state index contributed by atoms with van der Waals surface area (Å²) in [5.74, 6) is 0. The first kappa shape index (κ1) is 17.2. The van der Waals surface area contributed by atoms with Gasteiger partial charge in [-0.2, -0.15) is 0 Å². The fourth-order valence-electron chi connectivity index (χ4n) is 3.85. The van der Waals surface area contributed by atoms with Gasteiger partial charge in [-0.1, -0.05) is 73.8 Å². The van der Waals surface area contributed by atoms with Gasteiger partial charge in [0, 0.05) is 16.6 Å². The lowest BCUT2D eigenvalue weighted by molar-refractivity contribution is 1.17. The Labute approximate surface area is 170 Å². The third kappa shape index (κ3) is 2.86. The van der Waals surface area contributed by atoms with Crippen LogP contribution in [-0.2, 0) is 0 Å². The second kappa shape index (κ2) is 6.92. The Hall–Kier alpha value is -3.91. The summed E-state index contributed by atoms with van der Waals surface area (Å²) in [7, 11) is 0. The predicted molar refractivity (Wildman–Crippen MR) is 124 cm³/mol. The molecule has 0 unspecified atom stereocenters. The van der Waals surface area contributed by atoms with Crippen molar-refractivity contribution in [2.45, 2.75) is 0 Å². The zero-order valence-corrected chi connectivity index (χ0v) is 16.0. The van der Waals surface area contributed by atoms with Crippen LogP contribution >= 0.6 is 0 Å². The number of hydrogen-bond donors (Lipinski definition) is 0. The summed E-state index contributed by atoms with van der Waals surface area (Å²) in [4.78, 5) is 5.06. The average molecular weight is 372 g/mol. The van der Waals surface area contributed by atoms with Crippen molar-refractivity contribution in [2.75, 3.05) is 0 Å². The zero-order chi connectivity index (χ0) is 19.8. The number of rotatable bonds is 4. The van der Waals surface area contributed by atoms with Crippen LogP contribution < -0.4 is 0 Å². The van der Waals surface area contributed by atoms with Gasteiger partial charge in [0.15, 0.2) is 0 Å². The van der Waals surface area contributed by atoms with Crippen LogP contribution in [0.25, 0.3) is 51.0 Å². The van der Waals surface area contributed by atoms with E-state index in [2.05, 4.69) is 90.5 Å². The number of hydrogen-bond acceptors (Lipinski definition) is 1. The quantitative estimate of drug-likeness (QED) is 0.328. The van der Waals surface area contributed by atoms with Crippen molar-refractivity contribution in [3.63, 3.8) is 0 Å². The topological polar surface area (TPSA) is 17.8 Å². The minimum absolute atomic E-state index is 0.964. The van der Waals surface area contributed by atoms with E-state index < -0.39 is 0 Å². The number of aromatic nitrogens is 2. The molecule has 0 saturated heterocycles. The number of fused-ring (bicyclic) bond motifs is 3. The molecule has 3 aromatic carbocycles. The van der Waals surface area contributed by atoms with Crippen LogP contribution in [0.3, 0.4) is 0 Å². The minimum Gasteiger partial charge on any atom is -0.308 e. The maximum absolute atomic E-state index is 5.06. The third-order valence-electron chi connectivity index (χ3n) is 5.32. The fraction of sp³-hybridized carbons (Fsp3) is 0. The second-order valence-electron chi connectivity index (χ2n) is 7.04. The van der Waals surface area contributed by atoms with Crippen molar-refractivity contribution in [2.24, 2.45) is 0 Å². The molecule has 0 bridgehead atoms. The molecule has 0 spiro atoms. The first-order valence-electron chi connectivity index (χ1n) is 9.64. The Morgan fingerprint density at radius 2 is 1.48 bits per heavy atom. The van der Waals surface area contributed by atoms with Crippen molar-refractivity contribution in [3.05, 3.63) is 109 Å². The molecule has 0 N–H and O–H groups in total. The highest BCUT2D eigenvalue weighted by Crippen LogP contribution is 2.32. The zero-order valence-electron chi connectivity index (χ0n) is 16.0. The highest BCUT2D eigenvalue weighted by atomic mass is 15.0. The van der Waals surface area contributed by atoms with Crippen LogP contribution in [-0.4, -0.2) is 9.55 Å². The summed E-state index contributed by atoms with van der Waals surface area (Å²) in [6.07, 6.45) is 3.72. The van der Waals surface area contributed by atoms with Gasteiger partial charge in [-0.05, 0) is 47.5 Å². The van der Waals surface area contributed by atoms with Gasteiger partial charge < -0.3 is 4.57 Å². The lowest BCUT2D eigenvalue weighted by Crippen LogP contribution is -1.94. The molecule has 0 saturated carbocycles. The van der Waals surface area contributed by atoms with E-state index in [1.807, 2.05) is 24.3 Å². The van der Waals surface area contributed by atoms with Gasteiger partial charge in [0.1, 0.15) is 0 Å². The van der Waals surface area contributed by atoms with Crippen LogP contribution in [0, 0.1) is 0 Å². The average Bonchev–Trinajstić information content (AvgIpc) is 3.13. The molecule has 2 nitrogen and oxygen atoms in total. The molecular weight excluding hydrogens is 352 g/mol. The molecule has 0 fully saturated rings. The first-order chi connectivity index (χ1) is 14.3. The van der Waals surface area contributed by atoms with Crippen molar-refractivity contribution in [1.29, 1.82) is 0 Å². The van der Waals surface area contributed by atoms with E-state index in [-0.39, 0.29) is 0 Å². The molecule has 0 amide bonds. The third-order valence-corrected chi connectivity index (χ3v) is 5.32. The van der Waals surface area contributed by atoms with Crippen LogP contribution in [0.4, 0.5) is 0 Å². The molecule has 0 aliphatic heterocycles. The Morgan fingerprint density at radius 3 is 2.28 bits per heavy atom. The van der Waals surface area contributed by atoms with Gasteiger partial charge in [-0.3, -0.25) is 0 Å². The number of para-hydroxylation sites is 1. The Balaban J connectivity index is 1.77. The van der Waals surface area contributed by atoms with Gasteiger partial charge in [0.2, 0.25) is 0 Å². The van der Waals surface area contributed by atoms with E-state index in [0.29, 0.717) is 0 Å². The Morgan fingerprint density at radius 1 is 0.690 bits per heavy atom. The lowest BCUT2D eigenvalue weighted by atomic mass is 10.1. The summed E-state index contributed by atoms with van der Waals surface area (Å²) >= 11 is 0. The van der Waals surface area contributed by atoms with Crippen LogP contribution in [0.2, 0.25) is 0 Å². The van der Waals surface area contributed by atoms with Crippen LogP contribution in [0.15, 0.2) is 98.1 Å². The molecule has 5 rings (SSSR count). The summed E-state index contributed by atoms with van der Waals surface area (Å²) in [5, 5.41) is 1.15. The molecule has 2 heterocycles. The summed E-state index contributed by atoms with van der Waals surface area (Å²) < 4.78 is 2.27. The lowest BCUT2D eigenvalue weighted by Gasteiger charge is -2.08. The largest absolute Gasteiger partial charge is 0.308 e. The normalized spacial score (nSPS) is 11.0. The molecular formula is C27H20N2. The van der Waals surface area contributed by atoms with E-state index in [1.165, 1.54) is 0 Å². The SMILES string of the molecule is C=Cc1ccc(-n2c3ccccc3c3nc(-c4cccc(C=C)c4)ccc32)cc1. The standard InChI is InChI=1S/C27H20N2/c1-3-19-12-14-22(15-13-19)29-25-11-6-5-10-23(25)27-26(29)17-16-24(28-27)21-9-7-8-20(4-2)18-21/h3-18H,1-2H2. The van der Waals surface area contributed by atoms with Crippen LogP contribution in [0.1, 0.15) is 11.1 Å². The van der Waals surface area contributed by atoms with Gasteiger partial charge in [0.25, 0.3) is 0 Å². The van der Waals surface area contributed by atoms with Crippen molar-refractivity contribution >= 4 is 34.1 Å². The first-order valence-corrected chi connectivity index (χ1v) is 9.64. The summed E-state index contributed by atoms with van der Waals surface area (Å²) in [5.41, 5.74) is 8.63. The molecule has 0 aliphatic carbocycles. The smallest absolute Gasteiger partial charge is 0.0970 e. The van der Waals surface area contributed by atoms with E-state index in [1.54, 1.807) is 0 Å². The molecule has 2 aromatic heterocycles. The maximum atomic E-state index is 5.06. The van der Waals surface area contributed by atoms with Crippen LogP contribution in [0.5, 0.6) is 0 Å². The predicted octanol–water partition coefficient (Wildman–Crippen LogP) is 7.13. The molecule has 0 aliphatic rings.